The number of thioether (sulfide) groups is 1. The van der Waals surface area contributed by atoms with Crippen LogP contribution in [0.15, 0.2) is 46.2 Å². The highest BCUT2D eigenvalue weighted by Gasteiger charge is 2.21. The van der Waals surface area contributed by atoms with Crippen molar-refractivity contribution in [3.8, 4) is 17.5 Å². The van der Waals surface area contributed by atoms with Crippen molar-refractivity contribution in [3.05, 3.63) is 53.5 Å². The van der Waals surface area contributed by atoms with Crippen LogP contribution in [-0.2, 0) is 6.54 Å². The summed E-state index contributed by atoms with van der Waals surface area (Å²) in [6, 6.07) is 7.36. The summed E-state index contributed by atoms with van der Waals surface area (Å²) in [5.41, 5.74) is 1.93. The van der Waals surface area contributed by atoms with Crippen molar-refractivity contribution >= 4 is 17.7 Å². The summed E-state index contributed by atoms with van der Waals surface area (Å²) in [7, 11) is 0. The Morgan fingerprint density at radius 2 is 2.10 bits per heavy atom. The summed E-state index contributed by atoms with van der Waals surface area (Å²) in [5, 5.41) is 3.59. The molecule has 1 aliphatic rings. The summed E-state index contributed by atoms with van der Waals surface area (Å²) < 4.78 is 11.5. The molecule has 30 heavy (non-hydrogen) atoms. The molecule has 0 aromatic carbocycles. The van der Waals surface area contributed by atoms with E-state index >= 15 is 0 Å². The van der Waals surface area contributed by atoms with Gasteiger partial charge < -0.3 is 14.5 Å². The van der Waals surface area contributed by atoms with E-state index in [4.69, 9.17) is 9.15 Å². The van der Waals surface area contributed by atoms with Gasteiger partial charge in [0.15, 0.2) is 11.6 Å². The van der Waals surface area contributed by atoms with Crippen LogP contribution in [0.2, 0.25) is 0 Å². The lowest BCUT2D eigenvalue weighted by molar-refractivity contribution is 0.0945. The SMILES string of the molecule is CSc1nc(-c2ccco2)nc(C)c1C(=O)NCc1cccnc1OC1CCCC1. The second kappa shape index (κ2) is 9.30. The van der Waals surface area contributed by atoms with Crippen molar-refractivity contribution in [3.63, 3.8) is 0 Å². The number of hydrogen-bond acceptors (Lipinski definition) is 7. The third kappa shape index (κ3) is 4.48. The minimum Gasteiger partial charge on any atom is -0.474 e. The normalized spacial score (nSPS) is 14.1. The second-order valence-corrected chi connectivity index (χ2v) is 7.96. The van der Waals surface area contributed by atoms with Crippen LogP contribution in [0.5, 0.6) is 5.88 Å². The largest absolute Gasteiger partial charge is 0.474 e. The summed E-state index contributed by atoms with van der Waals surface area (Å²) in [6.45, 7) is 2.13. The molecule has 0 atom stereocenters. The summed E-state index contributed by atoms with van der Waals surface area (Å²) in [6.07, 6.45) is 9.87. The Labute approximate surface area is 179 Å². The number of ether oxygens (including phenoxy) is 1. The number of amides is 1. The van der Waals surface area contributed by atoms with Gasteiger partial charge in [-0.2, -0.15) is 0 Å². The number of nitrogens with one attached hydrogen (secondary N) is 1. The summed E-state index contributed by atoms with van der Waals surface area (Å²) in [5.74, 6) is 1.41. The molecule has 1 N–H and O–H groups in total. The van der Waals surface area contributed by atoms with Crippen LogP contribution in [0.3, 0.4) is 0 Å². The number of pyridine rings is 1. The Kier molecular flexibility index (Phi) is 6.32. The van der Waals surface area contributed by atoms with Crippen molar-refractivity contribution in [2.75, 3.05) is 6.26 Å². The molecule has 1 amide bonds. The first-order chi connectivity index (χ1) is 14.7. The lowest BCUT2D eigenvalue weighted by atomic mass is 10.2. The Morgan fingerprint density at radius 3 is 2.83 bits per heavy atom. The van der Waals surface area contributed by atoms with Gasteiger partial charge in [-0.25, -0.2) is 15.0 Å². The maximum Gasteiger partial charge on any atom is 0.256 e. The highest BCUT2D eigenvalue weighted by Crippen LogP contribution is 2.27. The van der Waals surface area contributed by atoms with Crippen molar-refractivity contribution < 1.29 is 13.9 Å². The molecule has 0 bridgehead atoms. The van der Waals surface area contributed by atoms with E-state index in [-0.39, 0.29) is 12.0 Å². The molecule has 4 rings (SSSR count). The quantitative estimate of drug-likeness (QED) is 0.444. The lowest BCUT2D eigenvalue weighted by Gasteiger charge is -2.16. The maximum absolute atomic E-state index is 13.0. The third-order valence-electron chi connectivity index (χ3n) is 5.09. The van der Waals surface area contributed by atoms with Crippen LogP contribution in [0, 0.1) is 6.92 Å². The number of hydrogen-bond donors (Lipinski definition) is 1. The Balaban J connectivity index is 1.51. The van der Waals surface area contributed by atoms with Gasteiger partial charge in [0.1, 0.15) is 11.1 Å². The van der Waals surface area contributed by atoms with Crippen LogP contribution in [0.4, 0.5) is 0 Å². The number of rotatable bonds is 7. The highest BCUT2D eigenvalue weighted by molar-refractivity contribution is 7.98. The monoisotopic (exact) mass is 424 g/mol. The van der Waals surface area contributed by atoms with E-state index < -0.39 is 0 Å². The van der Waals surface area contributed by atoms with Gasteiger partial charge in [-0.15, -0.1) is 11.8 Å². The molecular weight excluding hydrogens is 400 g/mol. The summed E-state index contributed by atoms with van der Waals surface area (Å²) in [4.78, 5) is 26.3. The topological polar surface area (TPSA) is 90.1 Å². The summed E-state index contributed by atoms with van der Waals surface area (Å²) >= 11 is 1.40. The van der Waals surface area contributed by atoms with Gasteiger partial charge in [0.2, 0.25) is 5.88 Å². The lowest BCUT2D eigenvalue weighted by Crippen LogP contribution is -2.26. The van der Waals surface area contributed by atoms with E-state index in [1.807, 2.05) is 25.3 Å². The first-order valence-corrected chi connectivity index (χ1v) is 11.2. The zero-order chi connectivity index (χ0) is 20.9. The van der Waals surface area contributed by atoms with E-state index in [0.717, 1.165) is 18.4 Å². The van der Waals surface area contributed by atoms with Gasteiger partial charge in [-0.3, -0.25) is 4.79 Å². The first-order valence-electron chi connectivity index (χ1n) is 10.0. The van der Waals surface area contributed by atoms with Crippen LogP contribution in [0.1, 0.15) is 47.3 Å². The van der Waals surface area contributed by atoms with E-state index in [1.54, 1.807) is 24.6 Å². The molecule has 1 fully saturated rings. The number of aryl methyl sites for hydroxylation is 1. The molecule has 3 aromatic heterocycles. The maximum atomic E-state index is 13.0. The molecule has 156 valence electrons. The Morgan fingerprint density at radius 1 is 1.27 bits per heavy atom. The predicted molar refractivity (Wildman–Crippen MR) is 115 cm³/mol. The number of nitrogens with zero attached hydrogens (tertiary/aromatic N) is 3. The molecular formula is C22H24N4O3S. The molecule has 8 heteroatoms. The van der Waals surface area contributed by atoms with Crippen LogP contribution in [-0.4, -0.2) is 33.2 Å². The van der Waals surface area contributed by atoms with Gasteiger partial charge in [-0.05, 0) is 57.1 Å². The predicted octanol–water partition coefficient (Wildman–Crippen LogP) is 4.41. The molecule has 1 aliphatic carbocycles. The minimum atomic E-state index is -0.224. The van der Waals surface area contributed by atoms with Crippen molar-refractivity contribution in [2.24, 2.45) is 0 Å². The molecule has 0 saturated heterocycles. The number of aromatic nitrogens is 3. The molecule has 3 aromatic rings. The number of furan rings is 1. The molecule has 0 spiro atoms. The Hall–Kier alpha value is -2.87. The fourth-order valence-electron chi connectivity index (χ4n) is 3.56. The third-order valence-corrected chi connectivity index (χ3v) is 5.77. The first kappa shape index (κ1) is 20.4. The second-order valence-electron chi connectivity index (χ2n) is 7.17. The fourth-order valence-corrected chi connectivity index (χ4v) is 4.19. The number of carbonyl (C=O) groups is 1. The molecule has 7 nitrogen and oxygen atoms in total. The zero-order valence-corrected chi connectivity index (χ0v) is 17.9. The van der Waals surface area contributed by atoms with Crippen molar-refractivity contribution in [1.29, 1.82) is 0 Å². The smallest absolute Gasteiger partial charge is 0.256 e. The van der Waals surface area contributed by atoms with Crippen LogP contribution in [0.25, 0.3) is 11.6 Å². The van der Waals surface area contributed by atoms with Gasteiger partial charge in [0.05, 0.1) is 17.5 Å². The van der Waals surface area contributed by atoms with Crippen molar-refractivity contribution in [1.82, 2.24) is 20.3 Å². The zero-order valence-electron chi connectivity index (χ0n) is 17.1. The average Bonchev–Trinajstić information content (AvgIpc) is 3.46. The average molecular weight is 425 g/mol. The van der Waals surface area contributed by atoms with Crippen molar-refractivity contribution in [2.45, 2.75) is 50.3 Å². The van der Waals surface area contributed by atoms with E-state index in [0.29, 0.717) is 40.3 Å². The standard InChI is InChI=1S/C22H24N4O3S/c1-14-18(22(30-2)26-19(25-14)17-10-6-12-28-17)20(27)24-13-15-7-5-11-23-21(15)29-16-8-3-4-9-16/h5-7,10-12,16H,3-4,8-9,13H2,1-2H3,(H,24,27). The highest BCUT2D eigenvalue weighted by atomic mass is 32.2. The van der Waals surface area contributed by atoms with E-state index in [2.05, 4.69) is 20.3 Å². The fraction of sp³-hybridized carbons (Fsp3) is 0.364. The molecule has 0 aliphatic heterocycles. The van der Waals surface area contributed by atoms with Gasteiger partial charge in [-0.1, -0.05) is 6.07 Å². The number of carbonyl (C=O) groups excluding carboxylic acids is 1. The minimum absolute atomic E-state index is 0.210. The van der Waals surface area contributed by atoms with E-state index in [9.17, 15) is 4.79 Å². The van der Waals surface area contributed by atoms with Gasteiger partial charge in [0.25, 0.3) is 5.91 Å². The van der Waals surface area contributed by atoms with E-state index in [1.165, 1.54) is 24.6 Å². The van der Waals surface area contributed by atoms with Gasteiger partial charge >= 0.3 is 0 Å². The van der Waals surface area contributed by atoms with Crippen LogP contribution < -0.4 is 10.1 Å². The Bertz CT molecular complexity index is 1020. The molecule has 3 heterocycles. The van der Waals surface area contributed by atoms with Gasteiger partial charge in [0, 0.05) is 18.3 Å². The molecule has 0 unspecified atom stereocenters. The molecule has 0 radical (unpaired) electrons. The van der Waals surface area contributed by atoms with Crippen LogP contribution >= 0.6 is 11.8 Å². The molecule has 1 saturated carbocycles.